The summed E-state index contributed by atoms with van der Waals surface area (Å²) in [6.45, 7) is 3.63. The molecule has 2 atom stereocenters. The summed E-state index contributed by atoms with van der Waals surface area (Å²) in [5.74, 6) is 0.559. The number of nitrogens with zero attached hydrogens (tertiary/aromatic N) is 3. The van der Waals surface area contributed by atoms with Crippen LogP contribution in [0.1, 0.15) is 23.2 Å². The van der Waals surface area contributed by atoms with Crippen molar-refractivity contribution in [2.45, 2.75) is 38.6 Å². The number of benzene rings is 1. The lowest BCUT2D eigenvalue weighted by Crippen LogP contribution is -2.42. The second kappa shape index (κ2) is 6.80. The fourth-order valence-electron chi connectivity index (χ4n) is 3.35. The summed E-state index contributed by atoms with van der Waals surface area (Å²) in [5.41, 5.74) is 3.23. The van der Waals surface area contributed by atoms with E-state index in [1.54, 1.807) is 0 Å². The van der Waals surface area contributed by atoms with E-state index in [0.717, 1.165) is 12.1 Å². The van der Waals surface area contributed by atoms with Crippen LogP contribution in [0.3, 0.4) is 0 Å². The van der Waals surface area contributed by atoms with E-state index in [0.29, 0.717) is 32.0 Å². The molecule has 2 aliphatic rings. The summed E-state index contributed by atoms with van der Waals surface area (Å²) >= 11 is 0. The van der Waals surface area contributed by atoms with Gasteiger partial charge >= 0.3 is 0 Å². The standard InChI is InChI=1S/C19H21N3O3/c1-13-6-7-18(21-20-13)25-16-8-9-22(11-16)19(23)17-10-14-4-2-3-5-15(14)12-24-17/h2-7,16-17H,8-12H2,1H3. The second-order valence-corrected chi connectivity index (χ2v) is 6.60. The minimum absolute atomic E-state index is 0.0446. The number of aryl methyl sites for hydroxylation is 1. The molecule has 1 amide bonds. The summed E-state index contributed by atoms with van der Waals surface area (Å²) < 4.78 is 11.6. The van der Waals surface area contributed by atoms with Crippen molar-refractivity contribution in [3.05, 3.63) is 53.2 Å². The van der Waals surface area contributed by atoms with Crippen molar-refractivity contribution in [2.75, 3.05) is 13.1 Å². The van der Waals surface area contributed by atoms with Crippen molar-refractivity contribution in [1.29, 1.82) is 0 Å². The maximum absolute atomic E-state index is 12.8. The van der Waals surface area contributed by atoms with Gasteiger partial charge in [-0.25, -0.2) is 0 Å². The van der Waals surface area contributed by atoms with Crippen LogP contribution in [0.25, 0.3) is 0 Å². The molecule has 0 N–H and O–H groups in total. The Morgan fingerprint density at radius 3 is 2.84 bits per heavy atom. The number of likely N-dealkylation sites (tertiary alicyclic amines) is 1. The van der Waals surface area contributed by atoms with Gasteiger partial charge < -0.3 is 14.4 Å². The molecule has 1 aromatic heterocycles. The lowest BCUT2D eigenvalue weighted by Gasteiger charge is -2.28. The zero-order valence-corrected chi connectivity index (χ0v) is 14.2. The van der Waals surface area contributed by atoms with Gasteiger partial charge in [0.25, 0.3) is 5.91 Å². The Hall–Kier alpha value is -2.47. The Bertz CT molecular complexity index is 763. The number of aromatic nitrogens is 2. The van der Waals surface area contributed by atoms with Crippen LogP contribution in [-0.4, -0.2) is 46.3 Å². The van der Waals surface area contributed by atoms with E-state index in [1.165, 1.54) is 11.1 Å². The van der Waals surface area contributed by atoms with Gasteiger partial charge in [-0.1, -0.05) is 24.3 Å². The van der Waals surface area contributed by atoms with Crippen molar-refractivity contribution in [2.24, 2.45) is 0 Å². The first kappa shape index (κ1) is 16.0. The third-order valence-corrected chi connectivity index (χ3v) is 4.76. The van der Waals surface area contributed by atoms with Gasteiger partial charge in [-0.05, 0) is 24.1 Å². The predicted octanol–water partition coefficient (Wildman–Crippen LogP) is 1.91. The van der Waals surface area contributed by atoms with Crippen molar-refractivity contribution >= 4 is 5.91 Å². The van der Waals surface area contributed by atoms with Gasteiger partial charge in [-0.15, -0.1) is 5.10 Å². The van der Waals surface area contributed by atoms with Crippen LogP contribution in [-0.2, 0) is 22.6 Å². The van der Waals surface area contributed by atoms with E-state index in [1.807, 2.05) is 36.1 Å². The largest absolute Gasteiger partial charge is 0.471 e. The Labute approximate surface area is 146 Å². The van der Waals surface area contributed by atoms with Crippen LogP contribution >= 0.6 is 0 Å². The van der Waals surface area contributed by atoms with E-state index in [2.05, 4.69) is 22.3 Å². The fourth-order valence-corrected chi connectivity index (χ4v) is 3.35. The molecule has 0 saturated carbocycles. The molecule has 0 spiro atoms. The van der Waals surface area contributed by atoms with Gasteiger partial charge in [0.15, 0.2) is 0 Å². The molecule has 1 aromatic carbocycles. The number of carbonyl (C=O) groups is 1. The van der Waals surface area contributed by atoms with Crippen LogP contribution in [0.15, 0.2) is 36.4 Å². The Morgan fingerprint density at radius 1 is 1.20 bits per heavy atom. The fraction of sp³-hybridized carbons (Fsp3) is 0.421. The van der Waals surface area contributed by atoms with Gasteiger partial charge in [-0.2, -0.15) is 5.10 Å². The van der Waals surface area contributed by atoms with Gasteiger partial charge in [0.1, 0.15) is 12.2 Å². The molecule has 25 heavy (non-hydrogen) atoms. The number of hydrogen-bond donors (Lipinski definition) is 0. The highest BCUT2D eigenvalue weighted by Crippen LogP contribution is 2.23. The van der Waals surface area contributed by atoms with Gasteiger partial charge in [0, 0.05) is 25.5 Å². The molecule has 2 aromatic rings. The molecule has 2 aliphatic heterocycles. The first-order valence-corrected chi connectivity index (χ1v) is 8.63. The van der Waals surface area contributed by atoms with Crippen LogP contribution in [0.2, 0.25) is 0 Å². The molecule has 0 aliphatic carbocycles. The van der Waals surface area contributed by atoms with Crippen LogP contribution < -0.4 is 4.74 Å². The summed E-state index contributed by atoms with van der Waals surface area (Å²) in [5, 5.41) is 8.02. The molecule has 2 unspecified atom stereocenters. The van der Waals surface area contributed by atoms with Gasteiger partial charge in [-0.3, -0.25) is 4.79 Å². The molecule has 130 valence electrons. The number of amides is 1. The molecular formula is C19H21N3O3. The van der Waals surface area contributed by atoms with Gasteiger partial charge in [0.2, 0.25) is 5.88 Å². The monoisotopic (exact) mass is 339 g/mol. The molecule has 3 heterocycles. The Morgan fingerprint density at radius 2 is 2.04 bits per heavy atom. The van der Waals surface area contributed by atoms with Crippen LogP contribution in [0, 0.1) is 6.92 Å². The minimum Gasteiger partial charge on any atom is -0.471 e. The maximum Gasteiger partial charge on any atom is 0.252 e. The average Bonchev–Trinajstić information content (AvgIpc) is 3.11. The SMILES string of the molecule is Cc1ccc(OC2CCN(C(=O)C3Cc4ccccc4CO3)C2)nn1. The summed E-state index contributed by atoms with van der Waals surface area (Å²) in [6.07, 6.45) is 0.995. The zero-order chi connectivity index (χ0) is 17.2. The average molecular weight is 339 g/mol. The molecular weight excluding hydrogens is 318 g/mol. The van der Waals surface area contributed by atoms with E-state index in [-0.39, 0.29) is 12.0 Å². The topological polar surface area (TPSA) is 64.5 Å². The van der Waals surface area contributed by atoms with Crippen molar-refractivity contribution in [1.82, 2.24) is 15.1 Å². The quantitative estimate of drug-likeness (QED) is 0.855. The summed E-state index contributed by atoms with van der Waals surface area (Å²) in [4.78, 5) is 14.6. The van der Waals surface area contributed by atoms with E-state index in [9.17, 15) is 4.79 Å². The second-order valence-electron chi connectivity index (χ2n) is 6.60. The first-order chi connectivity index (χ1) is 12.2. The van der Waals surface area contributed by atoms with Crippen molar-refractivity contribution < 1.29 is 14.3 Å². The smallest absolute Gasteiger partial charge is 0.252 e. The highest BCUT2D eigenvalue weighted by molar-refractivity contribution is 5.82. The molecule has 6 heteroatoms. The minimum atomic E-state index is -0.396. The maximum atomic E-state index is 12.8. The van der Waals surface area contributed by atoms with Gasteiger partial charge in [0.05, 0.1) is 18.8 Å². The Balaban J connectivity index is 1.35. The highest BCUT2D eigenvalue weighted by atomic mass is 16.5. The lowest BCUT2D eigenvalue weighted by atomic mass is 9.98. The predicted molar refractivity (Wildman–Crippen MR) is 91.1 cm³/mol. The summed E-state index contributed by atoms with van der Waals surface area (Å²) in [7, 11) is 0. The third kappa shape index (κ3) is 3.49. The number of carbonyl (C=O) groups excluding carboxylic acids is 1. The molecule has 4 rings (SSSR count). The zero-order valence-electron chi connectivity index (χ0n) is 14.2. The Kier molecular flexibility index (Phi) is 4.36. The third-order valence-electron chi connectivity index (χ3n) is 4.76. The summed E-state index contributed by atoms with van der Waals surface area (Å²) in [6, 6.07) is 11.8. The lowest BCUT2D eigenvalue weighted by molar-refractivity contribution is -0.144. The van der Waals surface area contributed by atoms with E-state index in [4.69, 9.17) is 9.47 Å². The molecule has 1 fully saturated rings. The molecule has 0 bridgehead atoms. The van der Waals surface area contributed by atoms with Crippen LogP contribution in [0.4, 0.5) is 0 Å². The molecule has 1 saturated heterocycles. The molecule has 0 radical (unpaired) electrons. The molecule has 6 nitrogen and oxygen atoms in total. The normalized spacial score (nSPS) is 22.5. The van der Waals surface area contributed by atoms with Crippen LogP contribution in [0.5, 0.6) is 5.88 Å². The van der Waals surface area contributed by atoms with E-state index >= 15 is 0 Å². The number of fused-ring (bicyclic) bond motifs is 1. The number of hydrogen-bond acceptors (Lipinski definition) is 5. The van der Waals surface area contributed by atoms with Crippen molar-refractivity contribution in [3.8, 4) is 5.88 Å². The highest BCUT2D eigenvalue weighted by Gasteiger charge is 2.34. The number of ether oxygens (including phenoxy) is 2. The first-order valence-electron chi connectivity index (χ1n) is 8.63. The number of rotatable bonds is 3. The van der Waals surface area contributed by atoms with Crippen molar-refractivity contribution in [3.63, 3.8) is 0 Å². The van der Waals surface area contributed by atoms with E-state index < -0.39 is 6.10 Å².